The monoisotopic (exact) mass is 343 g/mol. The second kappa shape index (κ2) is 8.78. The standard InChI is InChI=1S/C20H25NO2S/c1-4-8-18(16-9-6-5-7-10-16)21-20(23)12-11-19(22)17-13-14(2)24-15(17)3/h5-7,9-10,13,18H,4,8,11-12H2,1-3H3,(H,21,23). The molecule has 1 amide bonds. The minimum absolute atomic E-state index is 0.0175. The van der Waals surface area contributed by atoms with Crippen LogP contribution in [0.2, 0.25) is 0 Å². The Morgan fingerprint density at radius 1 is 1.12 bits per heavy atom. The van der Waals surface area contributed by atoms with E-state index in [9.17, 15) is 9.59 Å². The summed E-state index contributed by atoms with van der Waals surface area (Å²) in [5.41, 5.74) is 1.88. The molecule has 1 aromatic carbocycles. The molecule has 0 radical (unpaired) electrons. The number of carbonyl (C=O) groups is 2. The smallest absolute Gasteiger partial charge is 0.220 e. The van der Waals surface area contributed by atoms with Crippen molar-refractivity contribution in [3.05, 3.63) is 57.3 Å². The number of hydrogen-bond donors (Lipinski definition) is 1. The number of nitrogens with one attached hydrogen (secondary N) is 1. The molecule has 4 heteroatoms. The third-order valence-corrected chi connectivity index (χ3v) is 5.00. The van der Waals surface area contributed by atoms with Crippen LogP contribution in [0.1, 0.15) is 64.3 Å². The molecule has 24 heavy (non-hydrogen) atoms. The largest absolute Gasteiger partial charge is 0.349 e. The van der Waals surface area contributed by atoms with Crippen LogP contribution in [0.4, 0.5) is 0 Å². The Balaban J connectivity index is 1.91. The van der Waals surface area contributed by atoms with Gasteiger partial charge in [0.25, 0.3) is 0 Å². The molecule has 0 aliphatic carbocycles. The van der Waals surface area contributed by atoms with Crippen molar-refractivity contribution >= 4 is 23.0 Å². The van der Waals surface area contributed by atoms with Crippen molar-refractivity contribution in [3.63, 3.8) is 0 Å². The van der Waals surface area contributed by atoms with Gasteiger partial charge in [0.05, 0.1) is 6.04 Å². The van der Waals surface area contributed by atoms with E-state index in [0.29, 0.717) is 0 Å². The van der Waals surface area contributed by atoms with Crippen LogP contribution in [-0.4, -0.2) is 11.7 Å². The Kier molecular flexibility index (Phi) is 6.73. The lowest BCUT2D eigenvalue weighted by molar-refractivity contribution is -0.121. The van der Waals surface area contributed by atoms with Gasteiger partial charge in [0.1, 0.15) is 0 Å². The van der Waals surface area contributed by atoms with Gasteiger partial charge in [-0.2, -0.15) is 0 Å². The van der Waals surface area contributed by atoms with Crippen molar-refractivity contribution in [2.75, 3.05) is 0 Å². The fraction of sp³-hybridized carbons (Fsp3) is 0.400. The zero-order chi connectivity index (χ0) is 17.5. The average molecular weight is 343 g/mol. The summed E-state index contributed by atoms with van der Waals surface area (Å²) >= 11 is 1.62. The quantitative estimate of drug-likeness (QED) is 0.687. The second-order valence-corrected chi connectivity index (χ2v) is 7.53. The van der Waals surface area contributed by atoms with E-state index in [1.165, 1.54) is 0 Å². The molecule has 1 aromatic heterocycles. The Hall–Kier alpha value is -1.94. The van der Waals surface area contributed by atoms with Gasteiger partial charge in [-0.3, -0.25) is 9.59 Å². The predicted octanol–water partition coefficient (Wildman–Crippen LogP) is 4.99. The lowest BCUT2D eigenvalue weighted by Crippen LogP contribution is -2.28. The molecule has 0 saturated heterocycles. The number of rotatable bonds is 8. The number of ketones is 1. The maximum atomic E-state index is 12.3. The van der Waals surface area contributed by atoms with Crippen LogP contribution < -0.4 is 5.32 Å². The van der Waals surface area contributed by atoms with Crippen molar-refractivity contribution in [3.8, 4) is 0 Å². The number of thiophene rings is 1. The van der Waals surface area contributed by atoms with Gasteiger partial charge in [-0.05, 0) is 31.9 Å². The molecule has 1 heterocycles. The molecule has 0 aliphatic rings. The Bertz CT molecular complexity index is 691. The van der Waals surface area contributed by atoms with E-state index in [-0.39, 0.29) is 30.6 Å². The van der Waals surface area contributed by atoms with Crippen LogP contribution in [-0.2, 0) is 4.79 Å². The van der Waals surface area contributed by atoms with Gasteiger partial charge in [-0.25, -0.2) is 0 Å². The molecule has 2 aromatic rings. The van der Waals surface area contributed by atoms with E-state index < -0.39 is 0 Å². The van der Waals surface area contributed by atoms with Gasteiger partial charge in [-0.1, -0.05) is 43.7 Å². The van der Waals surface area contributed by atoms with Crippen LogP contribution in [0.5, 0.6) is 0 Å². The summed E-state index contributed by atoms with van der Waals surface area (Å²) < 4.78 is 0. The van der Waals surface area contributed by atoms with Crippen LogP contribution >= 0.6 is 11.3 Å². The highest BCUT2D eigenvalue weighted by Gasteiger charge is 2.16. The second-order valence-electron chi connectivity index (χ2n) is 6.07. The summed E-state index contributed by atoms with van der Waals surface area (Å²) in [7, 11) is 0. The molecule has 1 atom stereocenters. The molecule has 0 spiro atoms. The van der Waals surface area contributed by atoms with Gasteiger partial charge in [-0.15, -0.1) is 11.3 Å². The van der Waals surface area contributed by atoms with Crippen LogP contribution in [0.15, 0.2) is 36.4 Å². The van der Waals surface area contributed by atoms with Crippen molar-refractivity contribution in [2.45, 2.75) is 52.5 Å². The molecular formula is C20H25NO2S. The van der Waals surface area contributed by atoms with E-state index in [1.807, 2.05) is 50.2 Å². The zero-order valence-corrected chi connectivity index (χ0v) is 15.4. The minimum atomic E-state index is -0.0599. The van der Waals surface area contributed by atoms with E-state index in [4.69, 9.17) is 0 Å². The first kappa shape index (κ1) is 18.4. The van der Waals surface area contributed by atoms with Crippen molar-refractivity contribution in [1.29, 1.82) is 0 Å². The third kappa shape index (κ3) is 5.03. The highest BCUT2D eigenvalue weighted by molar-refractivity contribution is 7.12. The van der Waals surface area contributed by atoms with Crippen LogP contribution in [0, 0.1) is 13.8 Å². The van der Waals surface area contributed by atoms with E-state index in [0.717, 1.165) is 33.7 Å². The number of aryl methyl sites for hydroxylation is 2. The third-order valence-electron chi connectivity index (χ3n) is 4.04. The molecule has 0 aliphatic heterocycles. The average Bonchev–Trinajstić information content (AvgIpc) is 2.91. The summed E-state index contributed by atoms with van der Waals surface area (Å²) in [6.07, 6.45) is 2.38. The zero-order valence-electron chi connectivity index (χ0n) is 14.6. The summed E-state index contributed by atoms with van der Waals surface area (Å²) in [6.45, 7) is 6.06. The van der Waals surface area contributed by atoms with E-state index in [1.54, 1.807) is 11.3 Å². The lowest BCUT2D eigenvalue weighted by atomic mass is 10.0. The van der Waals surface area contributed by atoms with E-state index in [2.05, 4.69) is 12.2 Å². The van der Waals surface area contributed by atoms with Crippen molar-refractivity contribution in [2.24, 2.45) is 0 Å². The first-order chi connectivity index (χ1) is 11.5. The molecule has 0 bridgehead atoms. The number of amides is 1. The van der Waals surface area contributed by atoms with Gasteiger partial charge in [0.15, 0.2) is 5.78 Å². The van der Waals surface area contributed by atoms with Gasteiger partial charge >= 0.3 is 0 Å². The minimum Gasteiger partial charge on any atom is -0.349 e. The van der Waals surface area contributed by atoms with Gasteiger partial charge in [0.2, 0.25) is 5.91 Å². The first-order valence-corrected chi connectivity index (χ1v) is 9.27. The summed E-state index contributed by atoms with van der Waals surface area (Å²) in [5.74, 6) is -0.00555. The fourth-order valence-electron chi connectivity index (χ4n) is 2.83. The molecular weight excluding hydrogens is 318 g/mol. The Morgan fingerprint density at radius 3 is 2.42 bits per heavy atom. The summed E-state index contributed by atoms with van der Waals surface area (Å²) in [5, 5.41) is 3.07. The highest BCUT2D eigenvalue weighted by Crippen LogP contribution is 2.22. The van der Waals surface area contributed by atoms with E-state index >= 15 is 0 Å². The van der Waals surface area contributed by atoms with Crippen LogP contribution in [0.3, 0.4) is 0 Å². The molecule has 1 unspecified atom stereocenters. The summed E-state index contributed by atoms with van der Waals surface area (Å²) in [6, 6.07) is 11.9. The Morgan fingerprint density at radius 2 is 1.83 bits per heavy atom. The van der Waals surface area contributed by atoms with Crippen molar-refractivity contribution in [1.82, 2.24) is 5.32 Å². The molecule has 3 nitrogen and oxygen atoms in total. The number of Topliss-reactive ketones (excluding diaryl/α,β-unsaturated/α-hetero) is 1. The Labute approximate surface area is 148 Å². The summed E-state index contributed by atoms with van der Waals surface area (Å²) in [4.78, 5) is 26.7. The highest BCUT2D eigenvalue weighted by atomic mass is 32.1. The lowest BCUT2D eigenvalue weighted by Gasteiger charge is -2.18. The maximum Gasteiger partial charge on any atom is 0.220 e. The number of benzene rings is 1. The van der Waals surface area contributed by atoms with Gasteiger partial charge in [0, 0.05) is 28.2 Å². The molecule has 1 N–H and O–H groups in total. The topological polar surface area (TPSA) is 46.2 Å². The molecule has 0 saturated carbocycles. The maximum absolute atomic E-state index is 12.3. The van der Waals surface area contributed by atoms with Crippen molar-refractivity contribution < 1.29 is 9.59 Å². The normalized spacial score (nSPS) is 12.0. The predicted molar refractivity (Wildman–Crippen MR) is 99.6 cm³/mol. The first-order valence-electron chi connectivity index (χ1n) is 8.45. The number of carbonyl (C=O) groups excluding carboxylic acids is 2. The number of hydrogen-bond acceptors (Lipinski definition) is 3. The van der Waals surface area contributed by atoms with Gasteiger partial charge < -0.3 is 5.32 Å². The molecule has 0 fully saturated rings. The molecule has 128 valence electrons. The van der Waals surface area contributed by atoms with Crippen LogP contribution in [0.25, 0.3) is 0 Å². The SMILES string of the molecule is CCCC(NC(=O)CCC(=O)c1cc(C)sc1C)c1ccccc1. The molecule has 2 rings (SSSR count). The fourth-order valence-corrected chi connectivity index (χ4v) is 3.77.